The summed E-state index contributed by atoms with van der Waals surface area (Å²) in [5.41, 5.74) is 4.03. The molecule has 106 valence electrons. The van der Waals surface area contributed by atoms with Gasteiger partial charge in [0.1, 0.15) is 0 Å². The van der Waals surface area contributed by atoms with Gasteiger partial charge in [0.15, 0.2) is 0 Å². The van der Waals surface area contributed by atoms with E-state index in [9.17, 15) is 0 Å². The first kappa shape index (κ1) is 15.3. The average molecular weight is 332 g/mol. The summed E-state index contributed by atoms with van der Waals surface area (Å²) in [6, 6.07) is 17.7. The number of nitrogens with one attached hydrogen (secondary N) is 1. The van der Waals surface area contributed by atoms with E-state index in [-0.39, 0.29) is 0 Å². The number of rotatable bonds is 5. The molecule has 0 heterocycles. The van der Waals surface area contributed by atoms with Crippen LogP contribution in [0.1, 0.15) is 49.4 Å². The van der Waals surface area contributed by atoms with Gasteiger partial charge >= 0.3 is 0 Å². The number of hydrogen-bond acceptors (Lipinski definition) is 1. The molecular formula is C18H22BrN. The predicted molar refractivity (Wildman–Crippen MR) is 89.9 cm³/mol. The summed E-state index contributed by atoms with van der Waals surface area (Å²) >= 11 is 3.52. The molecule has 0 aliphatic carbocycles. The van der Waals surface area contributed by atoms with Crippen molar-refractivity contribution in [3.63, 3.8) is 0 Å². The minimum absolute atomic E-state index is 0.345. The largest absolute Gasteiger partial charge is 0.306 e. The van der Waals surface area contributed by atoms with Gasteiger partial charge < -0.3 is 5.32 Å². The van der Waals surface area contributed by atoms with Crippen LogP contribution >= 0.6 is 15.9 Å². The third kappa shape index (κ3) is 4.19. The van der Waals surface area contributed by atoms with Crippen molar-refractivity contribution >= 4 is 15.9 Å². The summed E-state index contributed by atoms with van der Waals surface area (Å²) in [6.07, 6.45) is 0. The first-order chi connectivity index (χ1) is 9.56. The molecule has 0 saturated heterocycles. The second-order valence-corrected chi connectivity index (χ2v) is 6.47. The molecule has 0 spiro atoms. The Morgan fingerprint density at radius 3 is 2.25 bits per heavy atom. The zero-order valence-electron chi connectivity index (χ0n) is 12.4. The van der Waals surface area contributed by atoms with Crippen LogP contribution in [-0.2, 0) is 6.54 Å². The fourth-order valence-corrected chi connectivity index (χ4v) is 2.60. The van der Waals surface area contributed by atoms with Crippen molar-refractivity contribution in [2.45, 2.75) is 39.3 Å². The third-order valence-electron chi connectivity index (χ3n) is 3.61. The average Bonchev–Trinajstić information content (AvgIpc) is 2.45. The smallest absolute Gasteiger partial charge is 0.0295 e. The summed E-state index contributed by atoms with van der Waals surface area (Å²) in [5.74, 6) is 0.595. The normalized spacial score (nSPS) is 12.7. The molecular weight excluding hydrogens is 310 g/mol. The highest BCUT2D eigenvalue weighted by Crippen LogP contribution is 2.19. The monoisotopic (exact) mass is 331 g/mol. The molecule has 0 saturated carbocycles. The highest BCUT2D eigenvalue weighted by atomic mass is 79.9. The maximum absolute atomic E-state index is 3.57. The van der Waals surface area contributed by atoms with Gasteiger partial charge in [-0.05, 0) is 41.7 Å². The second-order valence-electron chi connectivity index (χ2n) is 5.55. The van der Waals surface area contributed by atoms with Crippen molar-refractivity contribution in [3.05, 3.63) is 69.7 Å². The predicted octanol–water partition coefficient (Wildman–Crippen LogP) is 5.42. The fourth-order valence-electron chi connectivity index (χ4n) is 2.19. The molecule has 0 bridgehead atoms. The van der Waals surface area contributed by atoms with Crippen molar-refractivity contribution in [1.29, 1.82) is 0 Å². The zero-order valence-corrected chi connectivity index (χ0v) is 13.9. The summed E-state index contributed by atoms with van der Waals surface area (Å²) in [5, 5.41) is 3.57. The lowest BCUT2D eigenvalue weighted by molar-refractivity contribution is 0.574. The Labute approximate surface area is 130 Å². The highest BCUT2D eigenvalue weighted by Gasteiger charge is 2.05. The Hall–Kier alpha value is -1.12. The Balaban J connectivity index is 1.94. The Bertz CT molecular complexity index is 546. The van der Waals surface area contributed by atoms with Gasteiger partial charge in [-0.2, -0.15) is 0 Å². The van der Waals surface area contributed by atoms with E-state index in [1.165, 1.54) is 16.7 Å². The highest BCUT2D eigenvalue weighted by molar-refractivity contribution is 9.10. The molecule has 0 aliphatic heterocycles. The number of halogens is 1. The van der Waals surface area contributed by atoms with Gasteiger partial charge in [0.05, 0.1) is 0 Å². The second kappa shape index (κ2) is 7.05. The van der Waals surface area contributed by atoms with Gasteiger partial charge in [-0.3, -0.25) is 0 Å². The molecule has 0 aliphatic rings. The first-order valence-electron chi connectivity index (χ1n) is 7.14. The van der Waals surface area contributed by atoms with Crippen LogP contribution in [0, 0.1) is 0 Å². The van der Waals surface area contributed by atoms with Gasteiger partial charge in [-0.15, -0.1) is 0 Å². The van der Waals surface area contributed by atoms with Crippen molar-refractivity contribution in [2.24, 2.45) is 0 Å². The van der Waals surface area contributed by atoms with Crippen LogP contribution in [0.25, 0.3) is 0 Å². The summed E-state index contributed by atoms with van der Waals surface area (Å²) in [4.78, 5) is 0. The fraction of sp³-hybridized carbons (Fsp3) is 0.333. The molecule has 20 heavy (non-hydrogen) atoms. The Kier molecular flexibility index (Phi) is 5.38. The van der Waals surface area contributed by atoms with Crippen molar-refractivity contribution < 1.29 is 0 Å². The van der Waals surface area contributed by atoms with Gasteiger partial charge in [0.25, 0.3) is 0 Å². The Morgan fingerprint density at radius 2 is 1.65 bits per heavy atom. The van der Waals surface area contributed by atoms with E-state index in [0.29, 0.717) is 12.0 Å². The standard InChI is InChI=1S/C18H22BrN/c1-13(2)16-9-7-15(8-10-16)12-20-14(3)17-5-4-6-18(19)11-17/h4-11,13-14,20H,12H2,1-3H3/t14-/m1/s1. The van der Waals surface area contributed by atoms with Crippen LogP contribution in [0.2, 0.25) is 0 Å². The number of benzene rings is 2. The van der Waals surface area contributed by atoms with E-state index in [2.05, 4.69) is 90.5 Å². The molecule has 2 aromatic rings. The van der Waals surface area contributed by atoms with Crippen molar-refractivity contribution in [1.82, 2.24) is 5.32 Å². The number of hydrogen-bond donors (Lipinski definition) is 1. The molecule has 0 amide bonds. The van der Waals surface area contributed by atoms with Crippen LogP contribution in [0.4, 0.5) is 0 Å². The molecule has 1 nitrogen and oxygen atoms in total. The minimum atomic E-state index is 0.345. The summed E-state index contributed by atoms with van der Waals surface area (Å²) < 4.78 is 1.13. The lowest BCUT2D eigenvalue weighted by Crippen LogP contribution is -2.18. The van der Waals surface area contributed by atoms with Crippen LogP contribution in [0.5, 0.6) is 0 Å². The summed E-state index contributed by atoms with van der Waals surface area (Å²) in [7, 11) is 0. The molecule has 0 radical (unpaired) electrons. The van der Waals surface area contributed by atoms with Crippen LogP contribution < -0.4 is 5.32 Å². The zero-order chi connectivity index (χ0) is 14.5. The molecule has 1 atom stereocenters. The van der Waals surface area contributed by atoms with Crippen LogP contribution in [0.15, 0.2) is 53.0 Å². The van der Waals surface area contributed by atoms with Gasteiger partial charge in [-0.1, -0.05) is 66.2 Å². The molecule has 0 fully saturated rings. The lowest BCUT2D eigenvalue weighted by atomic mass is 10.0. The van der Waals surface area contributed by atoms with Gasteiger partial charge in [0.2, 0.25) is 0 Å². The lowest BCUT2D eigenvalue weighted by Gasteiger charge is -2.15. The molecule has 0 aromatic heterocycles. The van der Waals surface area contributed by atoms with Gasteiger partial charge in [0, 0.05) is 17.1 Å². The molecule has 0 unspecified atom stereocenters. The molecule has 2 rings (SSSR count). The van der Waals surface area contributed by atoms with Gasteiger partial charge in [-0.25, -0.2) is 0 Å². The van der Waals surface area contributed by atoms with Crippen LogP contribution in [-0.4, -0.2) is 0 Å². The maximum atomic E-state index is 3.57. The van der Waals surface area contributed by atoms with E-state index in [0.717, 1.165) is 11.0 Å². The first-order valence-corrected chi connectivity index (χ1v) is 7.93. The third-order valence-corrected chi connectivity index (χ3v) is 4.10. The van der Waals surface area contributed by atoms with Crippen molar-refractivity contribution in [2.75, 3.05) is 0 Å². The van der Waals surface area contributed by atoms with Crippen molar-refractivity contribution in [3.8, 4) is 0 Å². The topological polar surface area (TPSA) is 12.0 Å². The molecule has 2 heteroatoms. The van der Waals surface area contributed by atoms with E-state index < -0.39 is 0 Å². The summed E-state index contributed by atoms with van der Waals surface area (Å²) in [6.45, 7) is 7.54. The van der Waals surface area contributed by atoms with E-state index in [4.69, 9.17) is 0 Å². The molecule has 1 N–H and O–H groups in total. The molecule has 2 aromatic carbocycles. The maximum Gasteiger partial charge on any atom is 0.0295 e. The Morgan fingerprint density at radius 1 is 0.950 bits per heavy atom. The minimum Gasteiger partial charge on any atom is -0.306 e. The SMILES string of the molecule is CC(C)c1ccc(CN[C@H](C)c2cccc(Br)c2)cc1. The van der Waals surface area contributed by atoms with E-state index in [1.54, 1.807) is 0 Å². The quantitative estimate of drug-likeness (QED) is 0.770. The van der Waals surface area contributed by atoms with E-state index in [1.807, 2.05) is 0 Å². The van der Waals surface area contributed by atoms with E-state index >= 15 is 0 Å². The van der Waals surface area contributed by atoms with Crippen LogP contribution in [0.3, 0.4) is 0 Å².